The molecule has 17 heavy (non-hydrogen) atoms. The third-order valence-corrected chi connectivity index (χ3v) is 2.23. The number of aliphatic hydroxyl groups excluding tert-OH is 1. The second-order valence-corrected chi connectivity index (χ2v) is 3.73. The van der Waals surface area contributed by atoms with Crippen molar-refractivity contribution in [2.24, 2.45) is 0 Å². The summed E-state index contributed by atoms with van der Waals surface area (Å²) < 4.78 is 0. The molecule has 92 valence electrons. The lowest BCUT2D eigenvalue weighted by molar-refractivity contribution is -0.383. The van der Waals surface area contributed by atoms with E-state index in [-0.39, 0.29) is 35.3 Å². The van der Waals surface area contributed by atoms with E-state index in [1.165, 1.54) is 18.2 Å². The van der Waals surface area contributed by atoms with E-state index in [0.717, 1.165) is 0 Å². The highest BCUT2D eigenvalue weighted by Crippen LogP contribution is 2.27. The molecular weight excluding hydrogens is 248 g/mol. The first-order chi connectivity index (χ1) is 8.04. The van der Waals surface area contributed by atoms with Crippen molar-refractivity contribution in [2.75, 3.05) is 11.9 Å². The molecule has 0 aromatic heterocycles. The summed E-state index contributed by atoms with van der Waals surface area (Å²) in [6, 6.07) is 4.00. The summed E-state index contributed by atoms with van der Waals surface area (Å²) in [5, 5.41) is 21.9. The number of hydrogen-bond acceptors (Lipinski definition) is 4. The topological polar surface area (TPSA) is 92.5 Å². The van der Waals surface area contributed by atoms with Crippen molar-refractivity contribution in [2.45, 2.75) is 12.8 Å². The van der Waals surface area contributed by atoms with Crippen LogP contribution in [-0.4, -0.2) is 22.5 Å². The largest absolute Gasteiger partial charge is 0.396 e. The number of aliphatic hydroxyl groups is 1. The number of carbonyl (C=O) groups is 1. The summed E-state index contributed by atoms with van der Waals surface area (Å²) in [6.45, 7) is -0.101. The van der Waals surface area contributed by atoms with E-state index in [9.17, 15) is 14.9 Å². The summed E-state index contributed by atoms with van der Waals surface area (Å²) in [5.74, 6) is -0.385. The molecule has 0 fully saturated rings. The molecule has 0 unspecified atom stereocenters. The monoisotopic (exact) mass is 258 g/mol. The number of anilines is 1. The Morgan fingerprint density at radius 2 is 2.24 bits per heavy atom. The van der Waals surface area contributed by atoms with Crippen LogP contribution >= 0.6 is 11.6 Å². The van der Waals surface area contributed by atoms with Gasteiger partial charge in [0.05, 0.1) is 4.92 Å². The Balaban J connectivity index is 2.83. The first-order valence-electron chi connectivity index (χ1n) is 4.89. The zero-order valence-corrected chi connectivity index (χ0v) is 9.61. The molecule has 1 amide bonds. The van der Waals surface area contributed by atoms with Crippen molar-refractivity contribution in [1.29, 1.82) is 0 Å². The Morgan fingerprint density at radius 3 is 2.82 bits per heavy atom. The first kappa shape index (κ1) is 13.4. The van der Waals surface area contributed by atoms with Crippen molar-refractivity contribution in [3.8, 4) is 0 Å². The summed E-state index contributed by atoms with van der Waals surface area (Å²) >= 11 is 5.63. The second kappa shape index (κ2) is 6.17. The fourth-order valence-electron chi connectivity index (χ4n) is 1.21. The van der Waals surface area contributed by atoms with Gasteiger partial charge in [0.1, 0.15) is 5.69 Å². The van der Waals surface area contributed by atoms with Gasteiger partial charge in [-0.25, -0.2) is 0 Å². The number of benzene rings is 1. The zero-order valence-electron chi connectivity index (χ0n) is 8.85. The minimum Gasteiger partial charge on any atom is -0.396 e. The zero-order chi connectivity index (χ0) is 12.8. The van der Waals surface area contributed by atoms with Crippen LogP contribution in [0, 0.1) is 10.1 Å². The number of nitro groups is 1. The average molecular weight is 259 g/mol. The van der Waals surface area contributed by atoms with Gasteiger partial charge in [-0.2, -0.15) is 0 Å². The molecule has 1 aromatic carbocycles. The van der Waals surface area contributed by atoms with Gasteiger partial charge in [0, 0.05) is 24.1 Å². The summed E-state index contributed by atoms with van der Waals surface area (Å²) in [6.07, 6.45) is 0.420. The number of carbonyl (C=O) groups excluding carboxylic acids is 1. The van der Waals surface area contributed by atoms with Crippen LogP contribution in [0.2, 0.25) is 5.02 Å². The first-order valence-corrected chi connectivity index (χ1v) is 5.27. The Bertz CT molecular complexity index is 436. The number of nitrogens with zero attached hydrogens (tertiary/aromatic N) is 1. The molecule has 2 N–H and O–H groups in total. The van der Waals surface area contributed by atoms with Crippen LogP contribution in [0.3, 0.4) is 0 Å². The summed E-state index contributed by atoms with van der Waals surface area (Å²) in [7, 11) is 0. The molecule has 7 heteroatoms. The number of rotatable bonds is 5. The fraction of sp³-hybridized carbons (Fsp3) is 0.300. The third-order valence-electron chi connectivity index (χ3n) is 1.99. The minimum atomic E-state index is -0.618. The fourth-order valence-corrected chi connectivity index (χ4v) is 1.38. The molecule has 0 aliphatic heterocycles. The average Bonchev–Trinajstić information content (AvgIpc) is 2.28. The third kappa shape index (κ3) is 4.01. The number of nitrogens with one attached hydrogen (secondary N) is 1. The van der Waals surface area contributed by atoms with Crippen LogP contribution in [0.1, 0.15) is 12.8 Å². The van der Waals surface area contributed by atoms with Gasteiger partial charge in [0.25, 0.3) is 5.69 Å². The molecular formula is C10H11ClN2O4. The maximum atomic E-state index is 11.4. The van der Waals surface area contributed by atoms with Crippen molar-refractivity contribution >= 4 is 28.9 Å². The molecule has 0 heterocycles. The lowest BCUT2D eigenvalue weighted by Crippen LogP contribution is -2.13. The SMILES string of the molecule is O=C(CCCO)Nc1ccc(Cl)cc1[N+](=O)[O-]. The number of amides is 1. The quantitative estimate of drug-likeness (QED) is 0.624. The van der Waals surface area contributed by atoms with E-state index < -0.39 is 4.92 Å². The maximum absolute atomic E-state index is 11.4. The van der Waals surface area contributed by atoms with Crippen LogP contribution in [0.5, 0.6) is 0 Å². The lowest BCUT2D eigenvalue weighted by Gasteiger charge is -2.05. The van der Waals surface area contributed by atoms with Gasteiger partial charge in [-0.3, -0.25) is 14.9 Å². The van der Waals surface area contributed by atoms with Crippen molar-refractivity contribution < 1.29 is 14.8 Å². The number of halogens is 1. The number of hydrogen-bond donors (Lipinski definition) is 2. The molecule has 0 spiro atoms. The van der Waals surface area contributed by atoms with E-state index in [0.29, 0.717) is 6.42 Å². The molecule has 0 aliphatic rings. The van der Waals surface area contributed by atoms with Crippen molar-refractivity contribution in [1.82, 2.24) is 0 Å². The van der Waals surface area contributed by atoms with E-state index in [1.54, 1.807) is 0 Å². The van der Waals surface area contributed by atoms with Crippen LogP contribution in [0.25, 0.3) is 0 Å². The molecule has 0 saturated heterocycles. The van der Waals surface area contributed by atoms with Gasteiger partial charge in [0.2, 0.25) is 5.91 Å². The molecule has 0 bridgehead atoms. The van der Waals surface area contributed by atoms with Crippen LogP contribution in [-0.2, 0) is 4.79 Å². The van der Waals surface area contributed by atoms with E-state index >= 15 is 0 Å². The highest BCUT2D eigenvalue weighted by atomic mass is 35.5. The molecule has 1 aromatic rings. The smallest absolute Gasteiger partial charge is 0.294 e. The van der Waals surface area contributed by atoms with Gasteiger partial charge >= 0.3 is 0 Å². The molecule has 6 nitrogen and oxygen atoms in total. The summed E-state index contributed by atoms with van der Waals surface area (Å²) in [5.41, 5.74) is -0.155. The standard InChI is InChI=1S/C10H11ClN2O4/c11-7-3-4-8(9(6-7)13(16)17)12-10(15)2-1-5-14/h3-4,6,14H,1-2,5H2,(H,12,15). The molecule has 0 saturated carbocycles. The van der Waals surface area contributed by atoms with Gasteiger partial charge in [-0.1, -0.05) is 11.6 Å². The maximum Gasteiger partial charge on any atom is 0.294 e. The Kier molecular flexibility index (Phi) is 4.86. The Labute approximate surface area is 102 Å². The van der Waals surface area contributed by atoms with Crippen LogP contribution in [0.4, 0.5) is 11.4 Å². The van der Waals surface area contributed by atoms with Crippen molar-refractivity contribution in [3.05, 3.63) is 33.3 Å². The number of nitro benzene ring substituents is 1. The van der Waals surface area contributed by atoms with Gasteiger partial charge in [0.15, 0.2) is 0 Å². The van der Waals surface area contributed by atoms with Crippen molar-refractivity contribution in [3.63, 3.8) is 0 Å². The molecule has 0 radical (unpaired) electrons. The highest BCUT2D eigenvalue weighted by molar-refractivity contribution is 6.31. The normalized spacial score (nSPS) is 10.0. The molecule has 0 aliphatic carbocycles. The van der Waals surface area contributed by atoms with E-state index in [1.807, 2.05) is 0 Å². The van der Waals surface area contributed by atoms with Crippen LogP contribution in [0.15, 0.2) is 18.2 Å². The summed E-state index contributed by atoms with van der Waals surface area (Å²) in [4.78, 5) is 21.5. The van der Waals surface area contributed by atoms with Gasteiger partial charge in [-0.05, 0) is 18.6 Å². The van der Waals surface area contributed by atoms with Gasteiger partial charge in [-0.15, -0.1) is 0 Å². The van der Waals surface area contributed by atoms with E-state index in [2.05, 4.69) is 5.32 Å². The molecule has 0 atom stereocenters. The predicted molar refractivity (Wildman–Crippen MR) is 63.1 cm³/mol. The Hall–Kier alpha value is -1.66. The Morgan fingerprint density at radius 1 is 1.53 bits per heavy atom. The van der Waals surface area contributed by atoms with E-state index in [4.69, 9.17) is 16.7 Å². The second-order valence-electron chi connectivity index (χ2n) is 3.29. The lowest BCUT2D eigenvalue weighted by atomic mass is 10.2. The molecule has 1 rings (SSSR count). The predicted octanol–water partition coefficient (Wildman–Crippen LogP) is 1.96. The minimum absolute atomic E-state index is 0.0994. The highest BCUT2D eigenvalue weighted by Gasteiger charge is 2.15. The van der Waals surface area contributed by atoms with Crippen LogP contribution < -0.4 is 5.32 Å². The van der Waals surface area contributed by atoms with Gasteiger partial charge < -0.3 is 10.4 Å².